The van der Waals surface area contributed by atoms with Gasteiger partial charge in [0.2, 0.25) is 0 Å². The monoisotopic (exact) mass is 305 g/mol. The molecule has 0 unspecified atom stereocenters. The summed E-state index contributed by atoms with van der Waals surface area (Å²) in [7, 11) is -3.08. The number of Topliss-reactive ketones (excluding diaryl/α,β-unsaturated/α-hetero) is 2. The van der Waals surface area contributed by atoms with Crippen molar-refractivity contribution >= 4 is 11.6 Å². The zero-order valence-corrected chi connectivity index (χ0v) is 12.6. The normalized spacial score (nSPS) is 10.7. The van der Waals surface area contributed by atoms with E-state index in [-0.39, 0.29) is 11.6 Å². The number of halogens is 1. The van der Waals surface area contributed by atoms with Crippen LogP contribution in [0.25, 0.3) is 0 Å². The fraction of sp³-hybridized carbons (Fsp3) is 0.417. The number of pyridine rings is 1. The summed E-state index contributed by atoms with van der Waals surface area (Å²) in [5.41, 5.74) is 3.02. The molecule has 7 nitrogen and oxygen atoms in total. The molecule has 1 aromatic heterocycles. The van der Waals surface area contributed by atoms with Crippen LogP contribution in [0.15, 0.2) is 6.07 Å². The number of hydrogen-bond donors (Lipinski definition) is 0. The predicted octanol–water partition coefficient (Wildman–Crippen LogP) is -3.22. The van der Waals surface area contributed by atoms with Crippen LogP contribution in [0.1, 0.15) is 46.0 Å². The molecule has 0 aromatic carbocycles. The minimum absolute atomic E-state index is 0.00870. The molecule has 0 aliphatic heterocycles. The summed E-state index contributed by atoms with van der Waals surface area (Å²) in [4.78, 5) is 22.8. The average molecular weight is 306 g/mol. The van der Waals surface area contributed by atoms with Crippen LogP contribution < -0.4 is 23.2 Å². The first kappa shape index (κ1) is 18.6. The molecule has 0 spiro atoms. The van der Waals surface area contributed by atoms with E-state index in [1.165, 1.54) is 13.8 Å². The summed E-state index contributed by atoms with van der Waals surface area (Å²) in [5, 5.41) is 0. The summed E-state index contributed by atoms with van der Waals surface area (Å²) in [6.45, 7) is 6.80. The maximum Gasteiger partial charge on any atom is 0.189 e. The van der Waals surface area contributed by atoms with Crippen molar-refractivity contribution in [2.45, 2.75) is 27.7 Å². The van der Waals surface area contributed by atoms with Crippen molar-refractivity contribution in [3.63, 3.8) is 0 Å². The smallest absolute Gasteiger partial charge is 0.189 e. The largest absolute Gasteiger partial charge is 0.294 e. The topological polar surface area (TPSA) is 130 Å². The Kier molecular flexibility index (Phi) is 6.39. The molecule has 0 amide bonds. The lowest BCUT2D eigenvalue weighted by molar-refractivity contribution is -2.00. The van der Waals surface area contributed by atoms with Gasteiger partial charge >= 0.3 is 0 Å². The number of hydrogen-bond acceptors (Lipinski definition) is 6. The second-order valence-corrected chi connectivity index (χ2v) is 4.95. The Morgan fingerprint density at radius 1 is 0.950 bits per heavy atom. The first-order valence-electron chi connectivity index (χ1n) is 5.50. The van der Waals surface area contributed by atoms with Crippen molar-refractivity contribution in [1.82, 2.24) is 0 Å². The molecular weight excluding hydrogens is 290 g/mol. The third-order valence-electron chi connectivity index (χ3n) is 2.83. The van der Waals surface area contributed by atoms with E-state index in [2.05, 4.69) is 0 Å². The molecule has 0 atom stereocenters. The summed E-state index contributed by atoms with van der Waals surface area (Å²) in [6, 6.07) is 1.69. The van der Waals surface area contributed by atoms with Crippen LogP contribution in [-0.2, 0) is 7.05 Å². The summed E-state index contributed by atoms with van der Waals surface area (Å²) in [6.07, 6.45) is 0. The third-order valence-corrected chi connectivity index (χ3v) is 2.83. The Hall–Kier alpha value is -1.38. The van der Waals surface area contributed by atoms with Crippen LogP contribution in [-0.4, -0.2) is 11.6 Å². The first-order chi connectivity index (χ1) is 8.86. The van der Waals surface area contributed by atoms with Gasteiger partial charge in [0.15, 0.2) is 23.0 Å². The number of carbonyl (C=O) groups is 2. The molecule has 0 radical (unpaired) electrons. The van der Waals surface area contributed by atoms with Crippen LogP contribution in [0.2, 0.25) is 0 Å². The maximum absolute atomic E-state index is 11.4. The van der Waals surface area contributed by atoms with Crippen molar-refractivity contribution in [1.29, 1.82) is 0 Å². The lowest BCUT2D eigenvalue weighted by atomic mass is 10.0. The highest BCUT2D eigenvalue weighted by Gasteiger charge is 2.21. The van der Waals surface area contributed by atoms with E-state index >= 15 is 0 Å². The van der Waals surface area contributed by atoms with Gasteiger partial charge in [0.1, 0.15) is 7.05 Å². The van der Waals surface area contributed by atoms with Crippen LogP contribution in [0, 0.1) is 24.1 Å². The Morgan fingerprint density at radius 3 is 1.40 bits per heavy atom. The molecule has 1 aromatic rings. The summed E-state index contributed by atoms with van der Waals surface area (Å²) >= 11 is 0. The molecule has 0 N–H and O–H groups in total. The number of carbonyl (C=O) groups excluding carboxylic acids is 2. The van der Waals surface area contributed by atoms with Gasteiger partial charge in [0.25, 0.3) is 0 Å². The molecule has 0 aliphatic carbocycles. The van der Waals surface area contributed by atoms with Gasteiger partial charge in [-0.3, -0.25) is 9.59 Å². The van der Waals surface area contributed by atoms with Crippen molar-refractivity contribution in [2.75, 3.05) is 0 Å². The molecule has 0 aliphatic rings. The Morgan fingerprint density at radius 2 is 1.20 bits per heavy atom. The molecule has 1 heterocycles. The fourth-order valence-electron chi connectivity index (χ4n) is 1.68. The van der Waals surface area contributed by atoms with E-state index in [0.29, 0.717) is 11.1 Å². The molecule has 20 heavy (non-hydrogen) atoms. The standard InChI is InChI=1S/C12H16NO2.ClHO4/c1-7-11(9(3)14)6-12(10(4)15)8(2)13(7)5;2-1(3,4)5/h6H,1-5H3;(H,2,3,4,5)/q+1;/p-1. The lowest BCUT2D eigenvalue weighted by Gasteiger charge is -2.17. The van der Waals surface area contributed by atoms with E-state index in [9.17, 15) is 9.59 Å². The minimum atomic E-state index is -4.94. The number of nitrogens with zero attached hydrogens (tertiary/aromatic N) is 1. The molecule has 0 bridgehead atoms. The zero-order valence-electron chi connectivity index (χ0n) is 11.9. The van der Waals surface area contributed by atoms with E-state index in [1.54, 1.807) is 6.07 Å². The highest BCUT2D eigenvalue weighted by atomic mass is 35.7. The summed E-state index contributed by atoms with van der Waals surface area (Å²) in [5.74, 6) is -0.0174. The Bertz CT molecular complexity index is 491. The van der Waals surface area contributed by atoms with E-state index < -0.39 is 10.2 Å². The van der Waals surface area contributed by atoms with Crippen molar-refractivity contribution in [3.8, 4) is 0 Å². The molecule has 0 saturated heterocycles. The Balaban J connectivity index is 0.000000621. The Labute approximate surface area is 118 Å². The van der Waals surface area contributed by atoms with Crippen LogP contribution in [0.5, 0.6) is 0 Å². The van der Waals surface area contributed by atoms with Crippen molar-refractivity contribution in [2.24, 2.45) is 7.05 Å². The zero-order chi connectivity index (χ0) is 16.2. The van der Waals surface area contributed by atoms with Gasteiger partial charge in [-0.15, -0.1) is 10.2 Å². The van der Waals surface area contributed by atoms with Gasteiger partial charge in [-0.05, 0) is 19.9 Å². The average Bonchev–Trinajstić information content (AvgIpc) is 2.22. The SMILES string of the molecule is CC(=O)c1cc(C(C)=O)c(C)[n+](C)c1C.[O-][Cl+3]([O-])([O-])[O-]. The number of rotatable bonds is 2. The fourth-order valence-corrected chi connectivity index (χ4v) is 1.68. The van der Waals surface area contributed by atoms with Crippen LogP contribution in [0.4, 0.5) is 0 Å². The van der Waals surface area contributed by atoms with Crippen LogP contribution >= 0.6 is 0 Å². The maximum atomic E-state index is 11.4. The van der Waals surface area contributed by atoms with E-state index in [4.69, 9.17) is 18.6 Å². The van der Waals surface area contributed by atoms with Crippen LogP contribution in [0.3, 0.4) is 0 Å². The molecule has 8 heteroatoms. The molecule has 0 fully saturated rings. The molecular formula is C12H16ClNO6. The van der Waals surface area contributed by atoms with Gasteiger partial charge in [-0.1, -0.05) is 0 Å². The van der Waals surface area contributed by atoms with Gasteiger partial charge in [-0.2, -0.15) is 0 Å². The second-order valence-electron chi connectivity index (χ2n) is 4.19. The van der Waals surface area contributed by atoms with Gasteiger partial charge in [-0.25, -0.2) is 23.2 Å². The predicted molar refractivity (Wildman–Crippen MR) is 57.1 cm³/mol. The highest BCUT2D eigenvalue weighted by molar-refractivity contribution is 6.00. The number of ketones is 2. The quantitative estimate of drug-likeness (QED) is 0.417. The van der Waals surface area contributed by atoms with E-state index in [0.717, 1.165) is 11.4 Å². The van der Waals surface area contributed by atoms with E-state index in [1.807, 2.05) is 25.5 Å². The van der Waals surface area contributed by atoms with Gasteiger partial charge in [0.05, 0.1) is 11.1 Å². The van der Waals surface area contributed by atoms with Gasteiger partial charge < -0.3 is 0 Å². The van der Waals surface area contributed by atoms with Crippen molar-refractivity contribution in [3.05, 3.63) is 28.6 Å². The number of aromatic nitrogens is 1. The lowest BCUT2D eigenvalue weighted by Crippen LogP contribution is -2.68. The van der Waals surface area contributed by atoms with Gasteiger partial charge in [0, 0.05) is 13.8 Å². The second kappa shape index (κ2) is 6.87. The third kappa shape index (κ3) is 5.72. The molecule has 1 rings (SSSR count). The molecule has 0 saturated carbocycles. The highest BCUT2D eigenvalue weighted by Crippen LogP contribution is 2.11. The van der Waals surface area contributed by atoms with Crippen molar-refractivity contribution < 1.29 is 43.0 Å². The first-order valence-corrected chi connectivity index (χ1v) is 6.73. The molecule has 112 valence electrons. The minimum Gasteiger partial charge on any atom is -0.294 e. The summed E-state index contributed by atoms with van der Waals surface area (Å²) < 4.78 is 35.9.